The monoisotopic (exact) mass is 416 g/mol. The zero-order valence-corrected chi connectivity index (χ0v) is 18.3. The van der Waals surface area contributed by atoms with Crippen molar-refractivity contribution in [3.8, 4) is 0 Å². The van der Waals surface area contributed by atoms with Crippen LogP contribution in [0.25, 0.3) is 10.2 Å². The van der Waals surface area contributed by atoms with E-state index in [4.69, 9.17) is 0 Å². The number of carbonyl (C=O) groups excluding carboxylic acids is 2. The molecule has 2 aromatic heterocycles. The van der Waals surface area contributed by atoms with Crippen LogP contribution in [0.5, 0.6) is 0 Å². The van der Waals surface area contributed by atoms with Gasteiger partial charge in [0.25, 0.3) is 5.91 Å². The summed E-state index contributed by atoms with van der Waals surface area (Å²) in [6, 6.07) is 4.67. The number of nitrogens with zero attached hydrogens (tertiary/aromatic N) is 3. The molecule has 7 heteroatoms. The molecule has 0 spiro atoms. The van der Waals surface area contributed by atoms with Crippen LogP contribution in [0, 0.1) is 5.92 Å². The lowest BCUT2D eigenvalue weighted by molar-refractivity contribution is -0.126. The second-order valence-corrected chi connectivity index (χ2v) is 9.44. The highest BCUT2D eigenvalue weighted by atomic mass is 32.1. The summed E-state index contributed by atoms with van der Waals surface area (Å²) in [5, 5.41) is 5.18. The standard InChI is InChI=1S/C22H32N4O2S/c1-16-5-3-4-10-25(16)13-9-23-21(27)17-6-11-26(12-7-17)22(28)19-15-20-18(24(19)2)8-14-29-20/h8,14-17H,3-7,9-13H2,1-2H3,(H,23,27). The molecule has 4 heterocycles. The Hall–Kier alpha value is -1.86. The maximum absolute atomic E-state index is 12.9. The summed E-state index contributed by atoms with van der Waals surface area (Å²) in [6.45, 7) is 6.40. The van der Waals surface area contributed by atoms with Gasteiger partial charge in [0.2, 0.25) is 5.91 Å². The lowest BCUT2D eigenvalue weighted by Gasteiger charge is -2.34. The maximum Gasteiger partial charge on any atom is 0.270 e. The highest BCUT2D eigenvalue weighted by Gasteiger charge is 2.29. The summed E-state index contributed by atoms with van der Waals surface area (Å²) in [6.07, 6.45) is 5.35. The Morgan fingerprint density at radius 1 is 1.17 bits per heavy atom. The molecule has 2 saturated heterocycles. The van der Waals surface area contributed by atoms with Gasteiger partial charge in [0.1, 0.15) is 5.69 Å². The van der Waals surface area contributed by atoms with Crippen molar-refractivity contribution >= 4 is 33.4 Å². The summed E-state index contributed by atoms with van der Waals surface area (Å²) in [4.78, 5) is 29.9. The number of hydrogen-bond donors (Lipinski definition) is 1. The fraction of sp³-hybridized carbons (Fsp3) is 0.636. The van der Waals surface area contributed by atoms with Crippen LogP contribution in [0.15, 0.2) is 17.5 Å². The van der Waals surface area contributed by atoms with Gasteiger partial charge < -0.3 is 14.8 Å². The lowest BCUT2D eigenvalue weighted by atomic mass is 9.95. The van der Waals surface area contributed by atoms with E-state index in [2.05, 4.69) is 28.6 Å². The Labute approximate surface area is 176 Å². The fourth-order valence-electron chi connectivity index (χ4n) is 4.72. The lowest BCUT2D eigenvalue weighted by Crippen LogP contribution is -2.46. The Bertz CT molecular complexity index is 865. The average molecular weight is 417 g/mol. The minimum Gasteiger partial charge on any atom is -0.355 e. The van der Waals surface area contributed by atoms with Crippen molar-refractivity contribution < 1.29 is 9.59 Å². The van der Waals surface area contributed by atoms with Gasteiger partial charge in [0, 0.05) is 45.2 Å². The van der Waals surface area contributed by atoms with E-state index in [1.165, 1.54) is 19.3 Å². The van der Waals surface area contributed by atoms with Crippen molar-refractivity contribution in [2.45, 2.75) is 45.1 Å². The van der Waals surface area contributed by atoms with Crippen LogP contribution in [0.2, 0.25) is 0 Å². The van der Waals surface area contributed by atoms with Crippen LogP contribution in [0.3, 0.4) is 0 Å². The first-order chi connectivity index (χ1) is 14.0. The highest BCUT2D eigenvalue weighted by Crippen LogP contribution is 2.26. The number of aromatic nitrogens is 1. The van der Waals surface area contributed by atoms with Gasteiger partial charge in [-0.05, 0) is 56.7 Å². The first-order valence-corrected chi connectivity index (χ1v) is 11.8. The molecular formula is C22H32N4O2S. The summed E-state index contributed by atoms with van der Waals surface area (Å²) < 4.78 is 3.13. The second-order valence-electron chi connectivity index (χ2n) is 8.50. The third kappa shape index (κ3) is 4.36. The van der Waals surface area contributed by atoms with Gasteiger partial charge in [-0.1, -0.05) is 6.42 Å². The molecule has 0 saturated carbocycles. The summed E-state index contributed by atoms with van der Waals surface area (Å²) in [7, 11) is 1.95. The second kappa shape index (κ2) is 8.88. The van der Waals surface area contributed by atoms with Crippen LogP contribution >= 0.6 is 11.3 Å². The van der Waals surface area contributed by atoms with Crippen LogP contribution in [-0.4, -0.2) is 64.9 Å². The van der Waals surface area contributed by atoms with Gasteiger partial charge in [0.15, 0.2) is 0 Å². The number of fused-ring (bicyclic) bond motifs is 1. The normalized spacial score (nSPS) is 21.6. The summed E-state index contributed by atoms with van der Waals surface area (Å²) >= 11 is 1.66. The Kier molecular flexibility index (Phi) is 6.25. The maximum atomic E-state index is 12.9. The number of carbonyl (C=O) groups is 2. The molecule has 1 N–H and O–H groups in total. The molecule has 0 aromatic carbocycles. The van der Waals surface area contributed by atoms with Crippen molar-refractivity contribution in [2.75, 3.05) is 32.7 Å². The minimum absolute atomic E-state index is 0.0229. The molecule has 0 bridgehead atoms. The SMILES string of the molecule is CC1CCCCN1CCNC(=O)C1CCN(C(=O)c2cc3sccc3n2C)CC1. The molecule has 0 aliphatic carbocycles. The Balaban J connectivity index is 1.24. The van der Waals surface area contributed by atoms with Gasteiger partial charge in [-0.2, -0.15) is 0 Å². The van der Waals surface area contributed by atoms with Gasteiger partial charge >= 0.3 is 0 Å². The quantitative estimate of drug-likeness (QED) is 0.815. The molecule has 1 unspecified atom stereocenters. The molecule has 158 valence electrons. The summed E-state index contributed by atoms with van der Waals surface area (Å²) in [5.41, 5.74) is 1.85. The predicted octanol–water partition coefficient (Wildman–Crippen LogP) is 3.08. The zero-order valence-electron chi connectivity index (χ0n) is 17.5. The van der Waals surface area contributed by atoms with Crippen molar-refractivity contribution in [1.82, 2.24) is 19.7 Å². The smallest absolute Gasteiger partial charge is 0.270 e. The molecule has 1 atom stereocenters. The molecule has 2 aliphatic rings. The Morgan fingerprint density at radius 2 is 1.97 bits per heavy atom. The number of amides is 2. The van der Waals surface area contributed by atoms with E-state index < -0.39 is 0 Å². The number of hydrogen-bond acceptors (Lipinski definition) is 4. The zero-order chi connectivity index (χ0) is 20.4. The van der Waals surface area contributed by atoms with Gasteiger partial charge in [-0.15, -0.1) is 11.3 Å². The van der Waals surface area contributed by atoms with E-state index in [1.54, 1.807) is 11.3 Å². The summed E-state index contributed by atoms with van der Waals surface area (Å²) in [5.74, 6) is 0.254. The Morgan fingerprint density at radius 3 is 2.69 bits per heavy atom. The predicted molar refractivity (Wildman–Crippen MR) is 117 cm³/mol. The van der Waals surface area contributed by atoms with E-state index in [9.17, 15) is 9.59 Å². The van der Waals surface area contributed by atoms with E-state index in [-0.39, 0.29) is 17.7 Å². The van der Waals surface area contributed by atoms with Gasteiger partial charge in [-0.3, -0.25) is 14.5 Å². The van der Waals surface area contributed by atoms with Gasteiger partial charge in [0.05, 0.1) is 10.2 Å². The molecule has 2 fully saturated rings. The molecule has 2 aliphatic heterocycles. The third-order valence-electron chi connectivity index (χ3n) is 6.67. The first kappa shape index (κ1) is 20.4. The molecule has 2 aromatic rings. The number of aryl methyl sites for hydroxylation is 1. The molecule has 2 amide bonds. The minimum atomic E-state index is 0.0229. The average Bonchev–Trinajstić information content (AvgIpc) is 3.32. The molecule has 4 rings (SSSR count). The molecule has 6 nitrogen and oxygen atoms in total. The number of nitrogens with one attached hydrogen (secondary N) is 1. The highest BCUT2D eigenvalue weighted by molar-refractivity contribution is 7.17. The van der Waals surface area contributed by atoms with Crippen molar-refractivity contribution in [2.24, 2.45) is 13.0 Å². The topological polar surface area (TPSA) is 57.6 Å². The molecule has 29 heavy (non-hydrogen) atoms. The van der Waals surface area contributed by atoms with Crippen LogP contribution in [-0.2, 0) is 11.8 Å². The van der Waals surface area contributed by atoms with Crippen LogP contribution in [0.4, 0.5) is 0 Å². The van der Waals surface area contributed by atoms with Crippen molar-refractivity contribution in [3.63, 3.8) is 0 Å². The van der Waals surface area contributed by atoms with Crippen LogP contribution in [0.1, 0.15) is 49.5 Å². The number of rotatable bonds is 5. The molecule has 0 radical (unpaired) electrons. The van der Waals surface area contributed by atoms with E-state index >= 15 is 0 Å². The third-order valence-corrected chi connectivity index (χ3v) is 7.53. The number of thiophene rings is 1. The van der Waals surface area contributed by atoms with E-state index in [0.29, 0.717) is 19.1 Å². The van der Waals surface area contributed by atoms with Crippen molar-refractivity contribution in [3.05, 3.63) is 23.2 Å². The molecular weight excluding hydrogens is 384 g/mol. The van der Waals surface area contributed by atoms with E-state index in [1.807, 2.05) is 22.6 Å². The first-order valence-electron chi connectivity index (χ1n) is 10.9. The number of likely N-dealkylation sites (tertiary alicyclic amines) is 2. The number of piperidine rings is 2. The van der Waals surface area contributed by atoms with Gasteiger partial charge in [-0.25, -0.2) is 0 Å². The van der Waals surface area contributed by atoms with Crippen molar-refractivity contribution in [1.29, 1.82) is 0 Å². The fourth-order valence-corrected chi connectivity index (χ4v) is 5.57. The largest absolute Gasteiger partial charge is 0.355 e. The van der Waals surface area contributed by atoms with E-state index in [0.717, 1.165) is 48.4 Å². The van der Waals surface area contributed by atoms with Crippen LogP contribution < -0.4 is 5.32 Å².